The van der Waals surface area contributed by atoms with E-state index in [1.165, 1.54) is 6.07 Å². The van der Waals surface area contributed by atoms with E-state index in [1.54, 1.807) is 0 Å². The normalized spacial score (nSPS) is 23.5. The average molecular weight is 303 g/mol. The van der Waals surface area contributed by atoms with Gasteiger partial charge in [-0.3, -0.25) is 4.79 Å². The van der Waals surface area contributed by atoms with Crippen LogP contribution in [0.4, 0.5) is 8.78 Å². The van der Waals surface area contributed by atoms with Crippen molar-refractivity contribution in [2.75, 3.05) is 6.61 Å². The zero-order valence-electron chi connectivity index (χ0n) is 11.4. The number of nitrogens with one attached hydrogen (secondary N) is 1. The zero-order valence-corrected chi connectivity index (χ0v) is 11.4. The number of benzene rings is 1. The van der Waals surface area contributed by atoms with Crippen LogP contribution in [0.3, 0.4) is 0 Å². The van der Waals surface area contributed by atoms with E-state index in [0.717, 1.165) is 17.8 Å². The Balaban J connectivity index is 1.91. The Morgan fingerprint density at radius 1 is 1.05 bits per heavy atom. The molecule has 0 amide bonds. The number of halogens is 2. The summed E-state index contributed by atoms with van der Waals surface area (Å²) in [6.07, 6.45) is 0.909. The molecule has 0 fully saturated rings. The molecule has 0 bridgehead atoms. The maximum Gasteiger partial charge on any atom is 0.337 e. The molecule has 0 aromatic heterocycles. The minimum absolute atomic E-state index is 0.0801. The molecule has 3 aliphatic rings. The lowest BCUT2D eigenvalue weighted by atomic mass is 9.81. The number of carbonyl (C=O) groups is 2. The van der Waals surface area contributed by atoms with E-state index in [2.05, 4.69) is 5.32 Å². The molecule has 1 unspecified atom stereocenters. The highest BCUT2D eigenvalue weighted by atomic mass is 19.2. The van der Waals surface area contributed by atoms with E-state index >= 15 is 0 Å². The van der Waals surface area contributed by atoms with E-state index in [0.29, 0.717) is 35.2 Å². The lowest BCUT2D eigenvalue weighted by molar-refractivity contribution is -0.136. The van der Waals surface area contributed by atoms with Gasteiger partial charge in [-0.2, -0.15) is 0 Å². The first-order valence-corrected chi connectivity index (χ1v) is 6.94. The molecule has 6 heteroatoms. The summed E-state index contributed by atoms with van der Waals surface area (Å²) in [7, 11) is 0. The van der Waals surface area contributed by atoms with Crippen LogP contribution >= 0.6 is 0 Å². The van der Waals surface area contributed by atoms with Crippen molar-refractivity contribution >= 4 is 11.8 Å². The van der Waals surface area contributed by atoms with Gasteiger partial charge in [-0.1, -0.05) is 6.07 Å². The molecule has 1 aliphatic carbocycles. The van der Waals surface area contributed by atoms with Gasteiger partial charge in [-0.05, 0) is 24.1 Å². The molecule has 1 aromatic rings. The summed E-state index contributed by atoms with van der Waals surface area (Å²) >= 11 is 0. The molecule has 1 N–H and O–H groups in total. The standard InChI is InChI=1S/C16H11F2NO3/c17-8-2-1-7(5-9(8)18)13-14-10(3-4-12(14)20)19-11-6-22-16(21)15(11)13/h1-2,5,13,19H,3-4,6H2. The van der Waals surface area contributed by atoms with Gasteiger partial charge < -0.3 is 10.1 Å². The van der Waals surface area contributed by atoms with E-state index in [4.69, 9.17) is 4.74 Å². The van der Waals surface area contributed by atoms with Crippen molar-refractivity contribution in [3.63, 3.8) is 0 Å². The van der Waals surface area contributed by atoms with E-state index in [1.807, 2.05) is 0 Å². The maximum absolute atomic E-state index is 13.6. The second kappa shape index (κ2) is 4.50. The number of hydrogen-bond donors (Lipinski definition) is 1. The molecular formula is C16H11F2NO3. The summed E-state index contributed by atoms with van der Waals surface area (Å²) in [4.78, 5) is 24.2. The Morgan fingerprint density at radius 2 is 1.86 bits per heavy atom. The second-order valence-electron chi connectivity index (χ2n) is 5.52. The number of Topliss-reactive ketones (excluding diaryl/α,β-unsaturated/α-hetero) is 1. The number of hydrogen-bond acceptors (Lipinski definition) is 4. The molecule has 22 heavy (non-hydrogen) atoms. The largest absolute Gasteiger partial charge is 0.456 e. The van der Waals surface area contributed by atoms with Gasteiger partial charge in [0.25, 0.3) is 0 Å². The van der Waals surface area contributed by atoms with Crippen LogP contribution in [-0.4, -0.2) is 18.4 Å². The van der Waals surface area contributed by atoms with Crippen molar-refractivity contribution in [1.82, 2.24) is 5.32 Å². The van der Waals surface area contributed by atoms with Crippen molar-refractivity contribution in [2.24, 2.45) is 0 Å². The van der Waals surface area contributed by atoms with Crippen LogP contribution in [0.25, 0.3) is 0 Å². The van der Waals surface area contributed by atoms with Crippen molar-refractivity contribution in [3.8, 4) is 0 Å². The van der Waals surface area contributed by atoms with Gasteiger partial charge in [0, 0.05) is 23.6 Å². The van der Waals surface area contributed by atoms with Crippen LogP contribution < -0.4 is 5.32 Å². The van der Waals surface area contributed by atoms with Crippen molar-refractivity contribution in [3.05, 3.63) is 57.9 Å². The number of carbonyl (C=O) groups excluding carboxylic acids is 2. The minimum atomic E-state index is -1.00. The summed E-state index contributed by atoms with van der Waals surface area (Å²) in [5.74, 6) is -3.26. The van der Waals surface area contributed by atoms with Crippen molar-refractivity contribution in [1.29, 1.82) is 0 Å². The Kier molecular flexibility index (Phi) is 2.69. The van der Waals surface area contributed by atoms with Gasteiger partial charge in [0.2, 0.25) is 0 Å². The van der Waals surface area contributed by atoms with E-state index in [-0.39, 0.29) is 12.4 Å². The van der Waals surface area contributed by atoms with Gasteiger partial charge >= 0.3 is 5.97 Å². The third kappa shape index (κ3) is 1.73. The van der Waals surface area contributed by atoms with Gasteiger partial charge in [0.05, 0.1) is 11.3 Å². The first-order chi connectivity index (χ1) is 10.6. The quantitative estimate of drug-likeness (QED) is 0.807. The predicted molar refractivity (Wildman–Crippen MR) is 71.5 cm³/mol. The Hall–Kier alpha value is -2.50. The number of cyclic esters (lactones) is 1. The Bertz CT molecular complexity index is 755. The van der Waals surface area contributed by atoms with Gasteiger partial charge in [0.15, 0.2) is 17.4 Å². The summed E-state index contributed by atoms with van der Waals surface area (Å²) in [5, 5.41) is 3.09. The lowest BCUT2D eigenvalue weighted by Gasteiger charge is -2.25. The van der Waals surface area contributed by atoms with E-state index < -0.39 is 23.5 Å². The predicted octanol–water partition coefficient (Wildman–Crippen LogP) is 2.08. The molecule has 4 nitrogen and oxygen atoms in total. The van der Waals surface area contributed by atoms with Crippen LogP contribution in [0, 0.1) is 11.6 Å². The summed E-state index contributed by atoms with van der Waals surface area (Å²) in [6.45, 7) is 0.110. The first-order valence-electron chi connectivity index (χ1n) is 6.94. The van der Waals surface area contributed by atoms with Crippen LogP contribution in [0.1, 0.15) is 24.3 Å². The molecular weight excluding hydrogens is 292 g/mol. The summed E-state index contributed by atoms with van der Waals surface area (Å²) in [6, 6.07) is 3.45. The lowest BCUT2D eigenvalue weighted by Crippen LogP contribution is -2.26. The van der Waals surface area contributed by atoms with E-state index in [9.17, 15) is 18.4 Å². The third-order valence-corrected chi connectivity index (χ3v) is 4.28. The molecule has 112 valence electrons. The average Bonchev–Trinajstić information content (AvgIpc) is 3.05. The maximum atomic E-state index is 13.6. The summed E-state index contributed by atoms with van der Waals surface area (Å²) < 4.78 is 31.8. The smallest absolute Gasteiger partial charge is 0.337 e. The van der Waals surface area contributed by atoms with Gasteiger partial charge in [0.1, 0.15) is 6.61 Å². The molecule has 2 heterocycles. The number of ether oxygens (including phenoxy) is 1. The molecule has 2 aliphatic heterocycles. The number of ketones is 1. The Morgan fingerprint density at radius 3 is 2.64 bits per heavy atom. The fraction of sp³-hybridized carbons (Fsp3) is 0.250. The molecule has 0 saturated carbocycles. The highest BCUT2D eigenvalue weighted by molar-refractivity contribution is 6.05. The zero-order chi connectivity index (χ0) is 15.4. The van der Waals surface area contributed by atoms with Crippen LogP contribution in [0.2, 0.25) is 0 Å². The highest BCUT2D eigenvalue weighted by Gasteiger charge is 2.43. The molecule has 1 aromatic carbocycles. The molecule has 0 saturated heterocycles. The van der Waals surface area contributed by atoms with Crippen LogP contribution in [-0.2, 0) is 14.3 Å². The molecule has 1 atom stereocenters. The van der Waals surface area contributed by atoms with Gasteiger partial charge in [-0.15, -0.1) is 0 Å². The highest BCUT2D eigenvalue weighted by Crippen LogP contribution is 2.45. The van der Waals surface area contributed by atoms with Gasteiger partial charge in [-0.25, -0.2) is 13.6 Å². The minimum Gasteiger partial charge on any atom is -0.456 e. The SMILES string of the molecule is O=C1CCC2=C1C(c1ccc(F)c(F)c1)C1=C(COC1=O)N2. The fourth-order valence-electron chi connectivity index (χ4n) is 3.30. The molecule has 0 radical (unpaired) electrons. The van der Waals surface area contributed by atoms with Crippen molar-refractivity contribution < 1.29 is 23.1 Å². The number of allylic oxidation sites excluding steroid dienone is 2. The van der Waals surface area contributed by atoms with Crippen LogP contribution in [0.15, 0.2) is 40.7 Å². The monoisotopic (exact) mass is 303 g/mol. The number of rotatable bonds is 1. The topological polar surface area (TPSA) is 55.4 Å². The van der Waals surface area contributed by atoms with Crippen LogP contribution in [0.5, 0.6) is 0 Å². The first kappa shape index (κ1) is 13.2. The fourth-order valence-corrected chi connectivity index (χ4v) is 3.30. The molecule has 4 rings (SSSR count). The second-order valence-corrected chi connectivity index (χ2v) is 5.52. The molecule has 0 spiro atoms. The summed E-state index contributed by atoms with van der Waals surface area (Å²) in [5.41, 5.74) is 2.52. The number of esters is 1. The Labute approximate surface area is 124 Å². The van der Waals surface area contributed by atoms with Crippen molar-refractivity contribution in [2.45, 2.75) is 18.8 Å². The third-order valence-electron chi connectivity index (χ3n) is 4.28. The number of dihydropyridines is 1.